The van der Waals surface area contributed by atoms with E-state index in [1.54, 1.807) is 0 Å². The van der Waals surface area contributed by atoms with Crippen molar-refractivity contribution < 1.29 is 5.21 Å². The Labute approximate surface area is 95.4 Å². The van der Waals surface area contributed by atoms with Crippen molar-refractivity contribution in [1.82, 2.24) is 0 Å². The standard InChI is InChI=1S/C13H16N2O/c16-14-9-10-7-11-3-1-5-15-6-2-4-12(8-10)13(11)15/h7-9,16H,1-6H2. The van der Waals surface area contributed by atoms with E-state index >= 15 is 0 Å². The number of anilines is 1. The lowest BCUT2D eigenvalue weighted by atomic mass is 9.90. The molecule has 3 heteroatoms. The highest BCUT2D eigenvalue weighted by molar-refractivity contribution is 5.82. The number of rotatable bonds is 1. The summed E-state index contributed by atoms with van der Waals surface area (Å²) in [6.07, 6.45) is 6.33. The molecule has 0 atom stereocenters. The number of hydrogen-bond acceptors (Lipinski definition) is 3. The van der Waals surface area contributed by atoms with Gasteiger partial charge in [0, 0.05) is 18.8 Å². The van der Waals surface area contributed by atoms with Crippen LogP contribution in [0.1, 0.15) is 29.5 Å². The van der Waals surface area contributed by atoms with Gasteiger partial charge in [-0.1, -0.05) is 5.16 Å². The Bertz CT molecular complexity index is 409. The highest BCUT2D eigenvalue weighted by Gasteiger charge is 2.23. The summed E-state index contributed by atoms with van der Waals surface area (Å²) in [5.74, 6) is 0. The van der Waals surface area contributed by atoms with E-state index < -0.39 is 0 Å². The van der Waals surface area contributed by atoms with Gasteiger partial charge < -0.3 is 10.1 Å². The molecule has 3 nitrogen and oxygen atoms in total. The fourth-order valence-electron chi connectivity index (χ4n) is 2.97. The van der Waals surface area contributed by atoms with Gasteiger partial charge in [-0.15, -0.1) is 0 Å². The third kappa shape index (κ3) is 1.47. The summed E-state index contributed by atoms with van der Waals surface area (Å²) in [6.45, 7) is 2.40. The summed E-state index contributed by atoms with van der Waals surface area (Å²) < 4.78 is 0. The quantitative estimate of drug-likeness (QED) is 0.444. The average molecular weight is 216 g/mol. The Hall–Kier alpha value is -1.51. The van der Waals surface area contributed by atoms with Gasteiger partial charge in [0.15, 0.2) is 0 Å². The molecule has 0 bridgehead atoms. The predicted molar refractivity (Wildman–Crippen MR) is 64.7 cm³/mol. The molecule has 2 heterocycles. The minimum atomic E-state index is 1.03. The Balaban J connectivity index is 2.13. The molecule has 84 valence electrons. The lowest BCUT2D eigenvalue weighted by molar-refractivity contribution is 0.322. The minimum Gasteiger partial charge on any atom is -0.411 e. The second-order valence-corrected chi connectivity index (χ2v) is 4.63. The van der Waals surface area contributed by atoms with E-state index in [2.05, 4.69) is 22.2 Å². The Morgan fingerprint density at radius 3 is 2.31 bits per heavy atom. The average Bonchev–Trinajstić information content (AvgIpc) is 2.30. The molecular weight excluding hydrogens is 200 g/mol. The Kier molecular flexibility index (Phi) is 2.31. The second-order valence-electron chi connectivity index (χ2n) is 4.63. The lowest BCUT2D eigenvalue weighted by Gasteiger charge is -2.37. The third-order valence-corrected chi connectivity index (χ3v) is 3.56. The molecule has 0 saturated heterocycles. The van der Waals surface area contributed by atoms with Crippen molar-refractivity contribution in [2.45, 2.75) is 25.7 Å². The van der Waals surface area contributed by atoms with Gasteiger partial charge in [0.1, 0.15) is 0 Å². The zero-order valence-corrected chi connectivity index (χ0v) is 9.32. The molecule has 0 saturated carbocycles. The molecule has 0 aliphatic carbocycles. The summed E-state index contributed by atoms with van der Waals surface area (Å²) in [7, 11) is 0. The molecule has 3 rings (SSSR count). The number of nitrogens with zero attached hydrogens (tertiary/aromatic N) is 2. The van der Waals surface area contributed by atoms with Crippen LogP contribution in [-0.2, 0) is 12.8 Å². The normalized spacial score (nSPS) is 18.9. The van der Waals surface area contributed by atoms with Crippen LogP contribution in [0.15, 0.2) is 17.3 Å². The van der Waals surface area contributed by atoms with E-state index in [4.69, 9.17) is 5.21 Å². The molecule has 1 N–H and O–H groups in total. The minimum absolute atomic E-state index is 1.03. The van der Waals surface area contributed by atoms with Crippen molar-refractivity contribution in [3.05, 3.63) is 28.8 Å². The Morgan fingerprint density at radius 1 is 1.12 bits per heavy atom. The van der Waals surface area contributed by atoms with Crippen molar-refractivity contribution in [3.63, 3.8) is 0 Å². The topological polar surface area (TPSA) is 35.8 Å². The zero-order valence-electron chi connectivity index (χ0n) is 9.32. The van der Waals surface area contributed by atoms with E-state index in [1.807, 2.05) is 0 Å². The van der Waals surface area contributed by atoms with Crippen LogP contribution < -0.4 is 4.90 Å². The van der Waals surface area contributed by atoms with Crippen molar-refractivity contribution in [2.24, 2.45) is 5.16 Å². The molecule has 0 amide bonds. The maximum absolute atomic E-state index is 8.61. The molecule has 1 aromatic rings. The highest BCUT2D eigenvalue weighted by atomic mass is 16.4. The molecule has 0 unspecified atom stereocenters. The monoisotopic (exact) mass is 216 g/mol. The molecule has 0 spiro atoms. The van der Waals surface area contributed by atoms with Crippen LogP contribution in [0, 0.1) is 0 Å². The largest absolute Gasteiger partial charge is 0.411 e. The SMILES string of the molecule is ON=Cc1cc2c3c(c1)CCCN3CCC2. The molecule has 2 aliphatic rings. The van der Waals surface area contributed by atoms with Crippen LogP contribution in [0.4, 0.5) is 5.69 Å². The second kappa shape index (κ2) is 3.81. The first-order chi connectivity index (χ1) is 7.88. The van der Waals surface area contributed by atoms with Crippen LogP contribution >= 0.6 is 0 Å². The first-order valence-corrected chi connectivity index (χ1v) is 5.96. The van der Waals surface area contributed by atoms with Gasteiger partial charge in [0.2, 0.25) is 0 Å². The van der Waals surface area contributed by atoms with E-state index in [-0.39, 0.29) is 0 Å². The van der Waals surface area contributed by atoms with Crippen LogP contribution in [0.3, 0.4) is 0 Å². The highest BCUT2D eigenvalue weighted by Crippen LogP contribution is 2.35. The molecular formula is C13H16N2O. The summed E-state index contributed by atoms with van der Waals surface area (Å²) >= 11 is 0. The van der Waals surface area contributed by atoms with Gasteiger partial charge in [0.25, 0.3) is 0 Å². The van der Waals surface area contributed by atoms with Crippen LogP contribution in [-0.4, -0.2) is 24.5 Å². The number of oxime groups is 1. The van der Waals surface area contributed by atoms with Crippen molar-refractivity contribution in [3.8, 4) is 0 Å². The maximum atomic E-state index is 8.61. The molecule has 0 fully saturated rings. The molecule has 16 heavy (non-hydrogen) atoms. The maximum Gasteiger partial charge on any atom is 0.0734 e. The van der Waals surface area contributed by atoms with Gasteiger partial charge >= 0.3 is 0 Å². The molecule has 2 aliphatic heterocycles. The number of hydrogen-bond donors (Lipinski definition) is 1. The van der Waals surface area contributed by atoms with Crippen molar-refractivity contribution in [1.29, 1.82) is 0 Å². The molecule has 1 aromatic carbocycles. The fraction of sp³-hybridized carbons (Fsp3) is 0.462. The molecule has 0 aromatic heterocycles. The summed E-state index contributed by atoms with van der Waals surface area (Å²) in [4.78, 5) is 2.51. The van der Waals surface area contributed by atoms with Gasteiger partial charge in [-0.25, -0.2) is 0 Å². The van der Waals surface area contributed by atoms with Gasteiger partial charge in [-0.05, 0) is 54.5 Å². The van der Waals surface area contributed by atoms with Gasteiger partial charge in [-0.3, -0.25) is 0 Å². The molecule has 0 radical (unpaired) electrons. The van der Waals surface area contributed by atoms with E-state index in [0.717, 1.165) is 18.4 Å². The van der Waals surface area contributed by atoms with Crippen molar-refractivity contribution >= 4 is 11.9 Å². The predicted octanol–water partition coefficient (Wildman–Crippen LogP) is 2.19. The first-order valence-electron chi connectivity index (χ1n) is 5.96. The summed E-state index contributed by atoms with van der Waals surface area (Å²) in [5, 5.41) is 11.7. The van der Waals surface area contributed by atoms with E-state index in [0.29, 0.717) is 0 Å². The summed E-state index contributed by atoms with van der Waals surface area (Å²) in [6, 6.07) is 4.33. The van der Waals surface area contributed by atoms with E-state index in [1.165, 1.54) is 49.0 Å². The summed E-state index contributed by atoms with van der Waals surface area (Å²) in [5.41, 5.74) is 5.35. The fourth-order valence-corrected chi connectivity index (χ4v) is 2.97. The lowest BCUT2D eigenvalue weighted by Crippen LogP contribution is -2.34. The third-order valence-electron chi connectivity index (χ3n) is 3.56. The van der Waals surface area contributed by atoms with E-state index in [9.17, 15) is 0 Å². The zero-order chi connectivity index (χ0) is 11.0. The number of benzene rings is 1. The van der Waals surface area contributed by atoms with Gasteiger partial charge in [-0.2, -0.15) is 0 Å². The van der Waals surface area contributed by atoms with Crippen molar-refractivity contribution in [2.75, 3.05) is 18.0 Å². The first kappa shape index (κ1) is 9.70. The van der Waals surface area contributed by atoms with Crippen LogP contribution in [0.2, 0.25) is 0 Å². The smallest absolute Gasteiger partial charge is 0.0734 e. The Morgan fingerprint density at radius 2 is 1.75 bits per heavy atom. The van der Waals surface area contributed by atoms with Crippen LogP contribution in [0.25, 0.3) is 0 Å². The number of aryl methyl sites for hydroxylation is 2. The van der Waals surface area contributed by atoms with Gasteiger partial charge in [0.05, 0.1) is 6.21 Å². The van der Waals surface area contributed by atoms with Crippen LogP contribution in [0.5, 0.6) is 0 Å².